The Hall–Kier alpha value is -1.35. The average molecular weight is 314 g/mol. The Morgan fingerprint density at radius 1 is 1.30 bits per heavy atom. The molecule has 0 aromatic heterocycles. The molecule has 0 radical (unpaired) electrons. The maximum absolute atomic E-state index is 12.8. The molecule has 3 atom stereocenters. The molecule has 2 fully saturated rings. The van der Waals surface area contributed by atoms with Crippen LogP contribution in [0.15, 0.2) is 30.3 Å². The highest BCUT2D eigenvalue weighted by atomic mass is 16.2. The van der Waals surface area contributed by atoms with E-state index in [1.165, 1.54) is 12.0 Å². The Kier molecular flexibility index (Phi) is 5.71. The molecule has 2 aliphatic rings. The SMILES string of the molecule is CCC(c1ccccc1)C1CCCN1C(=O)CCC1CCNC1. The van der Waals surface area contributed by atoms with E-state index in [2.05, 4.69) is 47.5 Å². The van der Waals surface area contributed by atoms with Gasteiger partial charge in [0, 0.05) is 24.9 Å². The molecule has 2 aliphatic heterocycles. The summed E-state index contributed by atoms with van der Waals surface area (Å²) in [6.45, 7) is 5.42. The van der Waals surface area contributed by atoms with Crippen molar-refractivity contribution in [2.75, 3.05) is 19.6 Å². The van der Waals surface area contributed by atoms with E-state index in [9.17, 15) is 4.79 Å². The van der Waals surface area contributed by atoms with Crippen molar-refractivity contribution in [3.63, 3.8) is 0 Å². The first kappa shape index (κ1) is 16.5. The molecule has 126 valence electrons. The third-order valence-corrected chi connectivity index (χ3v) is 5.68. The lowest BCUT2D eigenvalue weighted by molar-refractivity contribution is -0.132. The Labute approximate surface area is 140 Å². The van der Waals surface area contributed by atoms with Crippen LogP contribution in [0.3, 0.4) is 0 Å². The predicted molar refractivity (Wildman–Crippen MR) is 94.4 cm³/mol. The van der Waals surface area contributed by atoms with Crippen LogP contribution in [-0.4, -0.2) is 36.5 Å². The fraction of sp³-hybridized carbons (Fsp3) is 0.650. The van der Waals surface area contributed by atoms with Gasteiger partial charge in [-0.2, -0.15) is 0 Å². The molecule has 0 bridgehead atoms. The monoisotopic (exact) mass is 314 g/mol. The van der Waals surface area contributed by atoms with Crippen LogP contribution in [0.25, 0.3) is 0 Å². The van der Waals surface area contributed by atoms with Gasteiger partial charge in [-0.15, -0.1) is 0 Å². The maximum Gasteiger partial charge on any atom is 0.222 e. The van der Waals surface area contributed by atoms with Crippen molar-refractivity contribution in [1.82, 2.24) is 10.2 Å². The highest BCUT2D eigenvalue weighted by Crippen LogP contribution is 2.34. The van der Waals surface area contributed by atoms with Crippen molar-refractivity contribution in [1.29, 1.82) is 0 Å². The standard InChI is InChI=1S/C20H30N2O/c1-2-18(17-7-4-3-5-8-17)19-9-6-14-22(19)20(23)11-10-16-12-13-21-15-16/h3-5,7-8,16,18-19,21H,2,6,9-15H2,1H3. The summed E-state index contributed by atoms with van der Waals surface area (Å²) < 4.78 is 0. The number of nitrogens with zero attached hydrogens (tertiary/aromatic N) is 1. The Bertz CT molecular complexity index is 496. The molecule has 0 spiro atoms. The summed E-state index contributed by atoms with van der Waals surface area (Å²) >= 11 is 0. The van der Waals surface area contributed by atoms with Crippen molar-refractivity contribution in [2.24, 2.45) is 5.92 Å². The zero-order valence-corrected chi connectivity index (χ0v) is 14.3. The molecule has 2 heterocycles. The fourth-order valence-electron chi connectivity index (χ4n) is 4.38. The van der Waals surface area contributed by atoms with Crippen LogP contribution in [-0.2, 0) is 4.79 Å². The minimum absolute atomic E-state index is 0.383. The van der Waals surface area contributed by atoms with Gasteiger partial charge in [-0.3, -0.25) is 4.79 Å². The number of hydrogen-bond donors (Lipinski definition) is 1. The van der Waals surface area contributed by atoms with Crippen LogP contribution in [0.1, 0.15) is 56.9 Å². The van der Waals surface area contributed by atoms with Gasteiger partial charge in [0.15, 0.2) is 0 Å². The topological polar surface area (TPSA) is 32.3 Å². The van der Waals surface area contributed by atoms with Crippen molar-refractivity contribution in [3.8, 4) is 0 Å². The summed E-state index contributed by atoms with van der Waals surface area (Å²) in [6.07, 6.45) is 6.43. The summed E-state index contributed by atoms with van der Waals surface area (Å²) in [5.41, 5.74) is 1.39. The quantitative estimate of drug-likeness (QED) is 0.871. The number of rotatable bonds is 6. The lowest BCUT2D eigenvalue weighted by Crippen LogP contribution is -2.39. The second kappa shape index (κ2) is 7.96. The highest BCUT2D eigenvalue weighted by Gasteiger charge is 2.34. The van der Waals surface area contributed by atoms with Gasteiger partial charge >= 0.3 is 0 Å². The summed E-state index contributed by atoms with van der Waals surface area (Å²) in [5, 5.41) is 3.40. The number of hydrogen-bond acceptors (Lipinski definition) is 2. The third kappa shape index (κ3) is 3.95. The fourth-order valence-corrected chi connectivity index (χ4v) is 4.38. The summed E-state index contributed by atoms with van der Waals surface area (Å²) in [7, 11) is 0. The minimum Gasteiger partial charge on any atom is -0.339 e. The van der Waals surface area contributed by atoms with Crippen LogP contribution in [0.4, 0.5) is 0 Å². The first-order chi connectivity index (χ1) is 11.3. The van der Waals surface area contributed by atoms with Crippen molar-refractivity contribution < 1.29 is 4.79 Å². The van der Waals surface area contributed by atoms with Gasteiger partial charge in [-0.25, -0.2) is 0 Å². The average Bonchev–Trinajstić information content (AvgIpc) is 3.26. The number of likely N-dealkylation sites (tertiary alicyclic amines) is 1. The predicted octanol–water partition coefficient (Wildman–Crippen LogP) is 3.56. The zero-order valence-electron chi connectivity index (χ0n) is 14.3. The van der Waals surface area contributed by atoms with Gasteiger partial charge in [0.1, 0.15) is 0 Å². The molecule has 0 saturated carbocycles. The molecule has 3 rings (SSSR count). The van der Waals surface area contributed by atoms with Crippen molar-refractivity contribution in [3.05, 3.63) is 35.9 Å². The summed E-state index contributed by atoms with van der Waals surface area (Å²) in [4.78, 5) is 15.0. The molecular weight excluding hydrogens is 284 g/mol. The van der Waals surface area contributed by atoms with Gasteiger partial charge in [-0.1, -0.05) is 37.3 Å². The lowest BCUT2D eigenvalue weighted by Gasteiger charge is -2.32. The maximum atomic E-state index is 12.8. The molecule has 0 aliphatic carbocycles. The molecule has 2 saturated heterocycles. The zero-order chi connectivity index (χ0) is 16.1. The first-order valence-corrected chi connectivity index (χ1v) is 9.34. The van der Waals surface area contributed by atoms with E-state index in [4.69, 9.17) is 0 Å². The number of amides is 1. The van der Waals surface area contributed by atoms with E-state index in [1.54, 1.807) is 0 Å². The Balaban J connectivity index is 1.62. The van der Waals surface area contributed by atoms with Crippen LogP contribution in [0, 0.1) is 5.92 Å². The molecule has 3 unspecified atom stereocenters. The molecule has 1 amide bonds. The van der Waals surface area contributed by atoms with Gasteiger partial charge in [0.05, 0.1) is 0 Å². The van der Waals surface area contributed by atoms with Crippen molar-refractivity contribution in [2.45, 2.75) is 57.4 Å². The van der Waals surface area contributed by atoms with E-state index in [-0.39, 0.29) is 0 Å². The number of benzene rings is 1. The lowest BCUT2D eigenvalue weighted by atomic mass is 9.87. The molecular formula is C20H30N2O. The Morgan fingerprint density at radius 3 is 2.83 bits per heavy atom. The van der Waals surface area contributed by atoms with Gasteiger partial charge in [-0.05, 0) is 56.7 Å². The Morgan fingerprint density at radius 2 is 2.13 bits per heavy atom. The van der Waals surface area contributed by atoms with Gasteiger partial charge < -0.3 is 10.2 Å². The third-order valence-electron chi connectivity index (χ3n) is 5.68. The van der Waals surface area contributed by atoms with E-state index in [0.717, 1.165) is 51.7 Å². The molecule has 3 nitrogen and oxygen atoms in total. The van der Waals surface area contributed by atoms with E-state index >= 15 is 0 Å². The molecule has 3 heteroatoms. The molecule has 1 aromatic rings. The van der Waals surface area contributed by atoms with Crippen LogP contribution in [0.5, 0.6) is 0 Å². The molecule has 1 aromatic carbocycles. The van der Waals surface area contributed by atoms with Gasteiger partial charge in [0.25, 0.3) is 0 Å². The van der Waals surface area contributed by atoms with E-state index in [1.807, 2.05) is 0 Å². The van der Waals surface area contributed by atoms with E-state index in [0.29, 0.717) is 23.8 Å². The van der Waals surface area contributed by atoms with Crippen molar-refractivity contribution >= 4 is 5.91 Å². The minimum atomic E-state index is 0.383. The normalized spacial score (nSPS) is 25.7. The second-order valence-corrected chi connectivity index (χ2v) is 7.12. The smallest absolute Gasteiger partial charge is 0.222 e. The number of carbonyl (C=O) groups is 1. The van der Waals surface area contributed by atoms with Crippen LogP contribution < -0.4 is 5.32 Å². The molecule has 1 N–H and O–H groups in total. The highest BCUT2D eigenvalue weighted by molar-refractivity contribution is 5.77. The summed E-state index contributed by atoms with van der Waals surface area (Å²) in [5.74, 6) is 1.57. The number of carbonyl (C=O) groups excluding carboxylic acids is 1. The molecule has 23 heavy (non-hydrogen) atoms. The van der Waals surface area contributed by atoms with Crippen LogP contribution >= 0.6 is 0 Å². The van der Waals surface area contributed by atoms with Crippen LogP contribution in [0.2, 0.25) is 0 Å². The summed E-state index contributed by atoms with van der Waals surface area (Å²) in [6, 6.07) is 11.2. The van der Waals surface area contributed by atoms with Gasteiger partial charge in [0.2, 0.25) is 5.91 Å². The van der Waals surface area contributed by atoms with E-state index < -0.39 is 0 Å². The number of nitrogens with one attached hydrogen (secondary N) is 1. The first-order valence-electron chi connectivity index (χ1n) is 9.34. The largest absolute Gasteiger partial charge is 0.339 e. The second-order valence-electron chi connectivity index (χ2n) is 7.12.